The van der Waals surface area contributed by atoms with Crippen LogP contribution >= 0.6 is 23.4 Å². The molecule has 90 valence electrons. The molecular weight excluding hydrogens is 238 g/mol. The molecule has 0 atom stereocenters. The van der Waals surface area contributed by atoms with Gasteiger partial charge in [0.1, 0.15) is 0 Å². The molecule has 0 heterocycles. The third-order valence-electron chi connectivity index (χ3n) is 2.12. The highest BCUT2D eigenvalue weighted by molar-refractivity contribution is 7.98. The summed E-state index contributed by atoms with van der Waals surface area (Å²) in [6, 6.07) is 8.05. The van der Waals surface area contributed by atoms with Crippen molar-refractivity contribution in [3.05, 3.63) is 34.9 Å². The van der Waals surface area contributed by atoms with E-state index in [1.54, 1.807) is 0 Å². The topological polar surface area (TPSA) is 12.0 Å². The van der Waals surface area contributed by atoms with Crippen LogP contribution in [0.1, 0.15) is 26.3 Å². The zero-order chi connectivity index (χ0) is 12.0. The molecule has 0 aliphatic rings. The summed E-state index contributed by atoms with van der Waals surface area (Å²) in [4.78, 5) is 0. The van der Waals surface area contributed by atoms with Crippen LogP contribution in [0.15, 0.2) is 24.3 Å². The third kappa shape index (κ3) is 5.78. The van der Waals surface area contributed by atoms with Gasteiger partial charge >= 0.3 is 0 Å². The summed E-state index contributed by atoms with van der Waals surface area (Å²) in [6.45, 7) is 7.60. The van der Waals surface area contributed by atoms with E-state index in [9.17, 15) is 0 Å². The van der Waals surface area contributed by atoms with Gasteiger partial charge in [-0.1, -0.05) is 29.8 Å². The van der Waals surface area contributed by atoms with Crippen molar-refractivity contribution < 1.29 is 0 Å². The van der Waals surface area contributed by atoms with E-state index in [1.165, 1.54) is 5.56 Å². The molecule has 0 aliphatic carbocycles. The lowest BCUT2D eigenvalue weighted by Gasteiger charge is -2.20. The van der Waals surface area contributed by atoms with Crippen LogP contribution in [0, 0.1) is 0 Å². The highest BCUT2D eigenvalue weighted by atomic mass is 35.5. The Morgan fingerprint density at radius 3 is 2.56 bits per heavy atom. The Balaban J connectivity index is 2.19. The zero-order valence-corrected chi connectivity index (χ0v) is 11.8. The maximum absolute atomic E-state index is 6.08. The number of benzene rings is 1. The van der Waals surface area contributed by atoms with Crippen LogP contribution in [0.2, 0.25) is 5.02 Å². The Kier molecular flexibility index (Phi) is 5.67. The number of hydrogen-bond donors (Lipinski definition) is 1. The van der Waals surface area contributed by atoms with Gasteiger partial charge in [-0.2, -0.15) is 11.8 Å². The summed E-state index contributed by atoms with van der Waals surface area (Å²) >= 11 is 7.99. The molecule has 1 aromatic carbocycles. The average molecular weight is 258 g/mol. The van der Waals surface area contributed by atoms with Gasteiger partial charge in [0.05, 0.1) is 0 Å². The van der Waals surface area contributed by atoms with Crippen molar-refractivity contribution in [3.63, 3.8) is 0 Å². The zero-order valence-electron chi connectivity index (χ0n) is 10.2. The van der Waals surface area contributed by atoms with E-state index in [-0.39, 0.29) is 5.54 Å². The van der Waals surface area contributed by atoms with Gasteiger partial charge in [-0.25, -0.2) is 0 Å². The molecule has 0 bridgehead atoms. The van der Waals surface area contributed by atoms with E-state index in [0.717, 1.165) is 23.1 Å². The number of hydrogen-bond acceptors (Lipinski definition) is 2. The van der Waals surface area contributed by atoms with Gasteiger partial charge in [0.15, 0.2) is 0 Å². The van der Waals surface area contributed by atoms with Crippen molar-refractivity contribution in [2.75, 3.05) is 12.3 Å². The highest BCUT2D eigenvalue weighted by Crippen LogP contribution is 2.20. The van der Waals surface area contributed by atoms with Crippen molar-refractivity contribution in [2.24, 2.45) is 0 Å². The molecule has 1 aromatic rings. The average Bonchev–Trinajstić information content (AvgIpc) is 2.18. The predicted molar refractivity (Wildman–Crippen MR) is 75.4 cm³/mol. The summed E-state index contributed by atoms with van der Waals surface area (Å²) in [7, 11) is 0. The van der Waals surface area contributed by atoms with Crippen LogP contribution < -0.4 is 5.32 Å². The third-order valence-corrected chi connectivity index (χ3v) is 3.49. The van der Waals surface area contributed by atoms with Gasteiger partial charge in [0.2, 0.25) is 0 Å². The van der Waals surface area contributed by atoms with E-state index in [2.05, 4.69) is 32.2 Å². The fraction of sp³-hybridized carbons (Fsp3) is 0.538. The number of halogens is 1. The normalized spacial score (nSPS) is 11.8. The second kappa shape index (κ2) is 6.53. The van der Waals surface area contributed by atoms with E-state index < -0.39 is 0 Å². The van der Waals surface area contributed by atoms with Gasteiger partial charge in [0, 0.05) is 28.6 Å². The Hall–Kier alpha value is -0.180. The van der Waals surface area contributed by atoms with Gasteiger partial charge in [-0.05, 0) is 32.4 Å². The molecule has 0 unspecified atom stereocenters. The predicted octanol–water partition coefficient (Wildman–Crippen LogP) is 3.96. The first-order chi connectivity index (χ1) is 7.49. The second-order valence-electron chi connectivity index (χ2n) is 4.82. The molecule has 0 spiro atoms. The lowest BCUT2D eigenvalue weighted by atomic mass is 10.1. The van der Waals surface area contributed by atoms with E-state index in [1.807, 2.05) is 30.0 Å². The fourth-order valence-corrected chi connectivity index (χ4v) is 2.44. The van der Waals surface area contributed by atoms with Crippen LogP contribution in [0.25, 0.3) is 0 Å². The Morgan fingerprint density at radius 1 is 1.25 bits per heavy atom. The highest BCUT2D eigenvalue weighted by Gasteiger charge is 2.07. The standard InChI is InChI=1S/C13H20ClNS/c1-13(2,3)15-8-9-16-10-11-6-4-5-7-12(11)14/h4-7,15H,8-10H2,1-3H3. The molecule has 0 saturated carbocycles. The summed E-state index contributed by atoms with van der Waals surface area (Å²) < 4.78 is 0. The molecule has 0 radical (unpaired) electrons. The minimum absolute atomic E-state index is 0.213. The van der Waals surface area contributed by atoms with Crippen LogP contribution in [0.3, 0.4) is 0 Å². The van der Waals surface area contributed by atoms with Gasteiger partial charge in [0.25, 0.3) is 0 Å². The minimum Gasteiger partial charge on any atom is -0.311 e. The summed E-state index contributed by atoms with van der Waals surface area (Å²) in [5, 5.41) is 4.34. The molecule has 1 rings (SSSR count). The number of thioether (sulfide) groups is 1. The van der Waals surface area contributed by atoms with Crippen molar-refractivity contribution >= 4 is 23.4 Å². The molecule has 0 aromatic heterocycles. The lowest BCUT2D eigenvalue weighted by Crippen LogP contribution is -2.37. The first-order valence-electron chi connectivity index (χ1n) is 5.55. The van der Waals surface area contributed by atoms with Crippen molar-refractivity contribution in [1.82, 2.24) is 5.32 Å². The molecular formula is C13H20ClNS. The molecule has 1 N–H and O–H groups in total. The first kappa shape index (κ1) is 13.9. The molecule has 16 heavy (non-hydrogen) atoms. The molecule has 0 fully saturated rings. The van der Waals surface area contributed by atoms with E-state index in [0.29, 0.717) is 0 Å². The fourth-order valence-electron chi connectivity index (χ4n) is 1.30. The molecule has 1 nitrogen and oxygen atoms in total. The second-order valence-corrected chi connectivity index (χ2v) is 6.33. The van der Waals surface area contributed by atoms with E-state index >= 15 is 0 Å². The van der Waals surface area contributed by atoms with Crippen molar-refractivity contribution in [1.29, 1.82) is 0 Å². The number of rotatable bonds is 5. The van der Waals surface area contributed by atoms with Gasteiger partial charge in [-0.3, -0.25) is 0 Å². The molecule has 0 amide bonds. The summed E-state index contributed by atoms with van der Waals surface area (Å²) in [5.41, 5.74) is 1.44. The molecule has 3 heteroatoms. The van der Waals surface area contributed by atoms with Gasteiger partial charge in [-0.15, -0.1) is 0 Å². The SMILES string of the molecule is CC(C)(C)NCCSCc1ccccc1Cl. The lowest BCUT2D eigenvalue weighted by molar-refractivity contribution is 0.441. The monoisotopic (exact) mass is 257 g/mol. The Bertz CT molecular complexity index is 320. The summed E-state index contributed by atoms with van der Waals surface area (Å²) in [6.07, 6.45) is 0. The maximum Gasteiger partial charge on any atom is 0.0446 e. The van der Waals surface area contributed by atoms with Crippen LogP contribution in [0.4, 0.5) is 0 Å². The van der Waals surface area contributed by atoms with Crippen molar-refractivity contribution in [3.8, 4) is 0 Å². The quantitative estimate of drug-likeness (QED) is 0.802. The smallest absolute Gasteiger partial charge is 0.0446 e. The largest absolute Gasteiger partial charge is 0.311 e. The van der Waals surface area contributed by atoms with Crippen LogP contribution in [-0.2, 0) is 5.75 Å². The van der Waals surface area contributed by atoms with Gasteiger partial charge < -0.3 is 5.32 Å². The Labute approximate surface area is 108 Å². The minimum atomic E-state index is 0.213. The van der Waals surface area contributed by atoms with Crippen LogP contribution in [-0.4, -0.2) is 17.8 Å². The first-order valence-corrected chi connectivity index (χ1v) is 7.08. The molecule has 0 aliphatic heterocycles. The molecule has 0 saturated heterocycles. The number of nitrogens with one attached hydrogen (secondary N) is 1. The van der Waals surface area contributed by atoms with Crippen molar-refractivity contribution in [2.45, 2.75) is 32.1 Å². The summed E-state index contributed by atoms with van der Waals surface area (Å²) in [5.74, 6) is 2.11. The van der Waals surface area contributed by atoms with Crippen LogP contribution in [0.5, 0.6) is 0 Å². The maximum atomic E-state index is 6.08. The Morgan fingerprint density at radius 2 is 1.94 bits per heavy atom. The van der Waals surface area contributed by atoms with E-state index in [4.69, 9.17) is 11.6 Å².